The first-order chi connectivity index (χ1) is 19.9. The summed E-state index contributed by atoms with van der Waals surface area (Å²) in [6.07, 6.45) is 0.288. The molecule has 0 aliphatic carbocycles. The Kier molecular flexibility index (Phi) is 11.9. The van der Waals surface area contributed by atoms with Gasteiger partial charge in [0.1, 0.15) is 18.3 Å². The molecule has 0 saturated heterocycles. The van der Waals surface area contributed by atoms with Crippen molar-refractivity contribution in [2.45, 2.75) is 44.7 Å². The normalized spacial score (nSPS) is 12.1. The number of hydrogen-bond donors (Lipinski definition) is 1. The van der Waals surface area contributed by atoms with E-state index in [2.05, 4.69) is 5.32 Å². The molecule has 0 spiro atoms. The monoisotopic (exact) mass is 653 g/mol. The fourth-order valence-corrected chi connectivity index (χ4v) is 6.24. The van der Waals surface area contributed by atoms with Gasteiger partial charge in [-0.1, -0.05) is 79.8 Å². The summed E-state index contributed by atoms with van der Waals surface area (Å²) < 4.78 is 34.0. The van der Waals surface area contributed by atoms with Crippen LogP contribution >= 0.6 is 34.8 Å². The fraction of sp³-hybridized carbons (Fsp3) is 0.333. The number of sulfonamides is 1. The van der Waals surface area contributed by atoms with Crippen LogP contribution in [0.1, 0.15) is 32.8 Å². The van der Waals surface area contributed by atoms with Crippen molar-refractivity contribution < 1.29 is 22.7 Å². The highest BCUT2D eigenvalue weighted by Gasteiger charge is 2.34. The molecule has 2 amide bonds. The van der Waals surface area contributed by atoms with Crippen LogP contribution in [0.25, 0.3) is 0 Å². The van der Waals surface area contributed by atoms with Gasteiger partial charge in [-0.3, -0.25) is 13.9 Å². The summed E-state index contributed by atoms with van der Waals surface area (Å²) in [6.45, 7) is 5.53. The first-order valence-corrected chi connectivity index (χ1v) is 15.9. The van der Waals surface area contributed by atoms with E-state index in [1.54, 1.807) is 43.3 Å². The van der Waals surface area contributed by atoms with E-state index in [1.807, 2.05) is 13.8 Å². The highest BCUT2D eigenvalue weighted by molar-refractivity contribution is 7.92. The molecule has 226 valence electrons. The molecule has 0 saturated carbocycles. The zero-order valence-electron chi connectivity index (χ0n) is 23.8. The van der Waals surface area contributed by atoms with Crippen molar-refractivity contribution in [1.82, 2.24) is 10.2 Å². The molecule has 3 aromatic rings. The lowest BCUT2D eigenvalue weighted by Crippen LogP contribution is -2.52. The third kappa shape index (κ3) is 8.31. The van der Waals surface area contributed by atoms with Crippen molar-refractivity contribution in [2.75, 3.05) is 24.5 Å². The molecule has 1 N–H and O–H groups in total. The molecule has 0 heterocycles. The van der Waals surface area contributed by atoms with Gasteiger partial charge in [-0.2, -0.15) is 0 Å². The number of benzene rings is 3. The van der Waals surface area contributed by atoms with Gasteiger partial charge < -0.3 is 15.0 Å². The molecule has 8 nitrogen and oxygen atoms in total. The largest absolute Gasteiger partial charge is 0.495 e. The quantitative estimate of drug-likeness (QED) is 0.229. The molecule has 0 radical (unpaired) electrons. The number of anilines is 1. The lowest BCUT2D eigenvalue weighted by molar-refractivity contribution is -0.140. The average Bonchev–Trinajstić information content (AvgIpc) is 2.96. The van der Waals surface area contributed by atoms with E-state index < -0.39 is 28.5 Å². The number of carbonyl (C=O) groups excluding carboxylic acids is 2. The van der Waals surface area contributed by atoms with Gasteiger partial charge in [0.2, 0.25) is 11.8 Å². The van der Waals surface area contributed by atoms with Gasteiger partial charge in [0.25, 0.3) is 10.0 Å². The van der Waals surface area contributed by atoms with Crippen LogP contribution in [0.4, 0.5) is 5.69 Å². The van der Waals surface area contributed by atoms with E-state index >= 15 is 0 Å². The molecule has 42 heavy (non-hydrogen) atoms. The van der Waals surface area contributed by atoms with Crippen LogP contribution < -0.4 is 14.4 Å². The number of amides is 2. The Hall–Kier alpha value is -2.98. The Morgan fingerprint density at radius 1 is 0.929 bits per heavy atom. The Labute approximate surface area is 262 Å². The summed E-state index contributed by atoms with van der Waals surface area (Å²) >= 11 is 18.7. The first kappa shape index (κ1) is 33.5. The van der Waals surface area contributed by atoms with Crippen molar-refractivity contribution in [2.24, 2.45) is 5.92 Å². The van der Waals surface area contributed by atoms with Crippen molar-refractivity contribution >= 4 is 62.3 Å². The summed E-state index contributed by atoms with van der Waals surface area (Å²) in [5.41, 5.74) is 0.780. The summed E-state index contributed by atoms with van der Waals surface area (Å²) in [6, 6.07) is 16.3. The van der Waals surface area contributed by atoms with Gasteiger partial charge >= 0.3 is 0 Å². The first-order valence-electron chi connectivity index (χ1n) is 13.3. The van der Waals surface area contributed by atoms with Gasteiger partial charge in [-0.25, -0.2) is 8.42 Å². The zero-order valence-corrected chi connectivity index (χ0v) is 26.9. The second-order valence-electron chi connectivity index (χ2n) is 9.98. The summed E-state index contributed by atoms with van der Waals surface area (Å²) in [5, 5.41) is 3.70. The summed E-state index contributed by atoms with van der Waals surface area (Å²) in [5.74, 6) is -0.404. The molecule has 12 heteroatoms. The number of hydrogen-bond acceptors (Lipinski definition) is 5. The van der Waals surface area contributed by atoms with Gasteiger partial charge in [0.15, 0.2) is 0 Å². The van der Waals surface area contributed by atoms with Crippen molar-refractivity contribution in [3.05, 3.63) is 87.4 Å². The lowest BCUT2D eigenvalue weighted by Gasteiger charge is -2.33. The number of methoxy groups -OCH3 is 1. The number of halogens is 3. The van der Waals surface area contributed by atoms with Gasteiger partial charge in [-0.05, 0) is 60.4 Å². The van der Waals surface area contributed by atoms with Crippen molar-refractivity contribution in [3.63, 3.8) is 0 Å². The predicted molar refractivity (Wildman–Crippen MR) is 168 cm³/mol. The number of ether oxygens (including phenoxy) is 1. The molecular weight excluding hydrogens is 621 g/mol. The predicted octanol–water partition coefficient (Wildman–Crippen LogP) is 6.43. The van der Waals surface area contributed by atoms with Crippen LogP contribution in [-0.2, 0) is 26.2 Å². The third-order valence-corrected chi connectivity index (χ3v) is 9.26. The molecule has 0 aliphatic rings. The Bertz CT molecular complexity index is 1500. The Morgan fingerprint density at radius 2 is 1.62 bits per heavy atom. The fourth-order valence-electron chi connectivity index (χ4n) is 4.24. The third-order valence-electron chi connectivity index (χ3n) is 6.44. The molecule has 0 aromatic heterocycles. The topological polar surface area (TPSA) is 96.0 Å². The minimum absolute atomic E-state index is 0.00802. The molecule has 0 fully saturated rings. The van der Waals surface area contributed by atoms with Crippen LogP contribution in [0.5, 0.6) is 5.75 Å². The second kappa shape index (κ2) is 15.0. The summed E-state index contributed by atoms with van der Waals surface area (Å²) in [4.78, 5) is 28.8. The van der Waals surface area contributed by atoms with Crippen LogP contribution in [-0.4, -0.2) is 51.4 Å². The van der Waals surface area contributed by atoms with E-state index in [0.717, 1.165) is 4.31 Å². The van der Waals surface area contributed by atoms with Crippen LogP contribution in [0, 0.1) is 5.92 Å². The van der Waals surface area contributed by atoms with Gasteiger partial charge in [-0.15, -0.1) is 0 Å². The van der Waals surface area contributed by atoms with Crippen molar-refractivity contribution in [3.8, 4) is 5.75 Å². The number of carbonyl (C=O) groups is 2. The highest BCUT2D eigenvalue weighted by atomic mass is 35.5. The smallest absolute Gasteiger partial charge is 0.264 e. The minimum atomic E-state index is -4.23. The van der Waals surface area contributed by atoms with E-state index in [1.165, 1.54) is 42.3 Å². The summed E-state index contributed by atoms with van der Waals surface area (Å²) in [7, 11) is -2.79. The van der Waals surface area contributed by atoms with E-state index in [4.69, 9.17) is 39.5 Å². The molecular formula is C30H34Cl3N3O5S. The number of nitrogens with zero attached hydrogens (tertiary/aromatic N) is 2. The molecule has 3 rings (SSSR count). The molecule has 3 aromatic carbocycles. The molecule has 0 bridgehead atoms. The number of rotatable bonds is 13. The molecule has 0 unspecified atom stereocenters. The average molecular weight is 655 g/mol. The van der Waals surface area contributed by atoms with Crippen LogP contribution in [0.2, 0.25) is 15.1 Å². The van der Waals surface area contributed by atoms with E-state index in [-0.39, 0.29) is 40.4 Å². The highest BCUT2D eigenvalue weighted by Crippen LogP contribution is 2.32. The van der Waals surface area contributed by atoms with Gasteiger partial charge in [0.05, 0.1) is 32.8 Å². The zero-order chi connectivity index (χ0) is 31.0. The maximum Gasteiger partial charge on any atom is 0.264 e. The molecule has 0 aliphatic heterocycles. The SMILES string of the molecule is CC[C@@H](C(=O)NCC(C)C)N(Cc1ccc(Cl)c(Cl)c1)C(=O)CN(c1ccc(OC)c(Cl)c1)S(=O)(=O)c1ccccc1. The maximum absolute atomic E-state index is 14.1. The van der Waals surface area contributed by atoms with Crippen molar-refractivity contribution in [1.29, 1.82) is 0 Å². The minimum Gasteiger partial charge on any atom is -0.495 e. The Morgan fingerprint density at radius 3 is 2.19 bits per heavy atom. The van der Waals surface area contributed by atoms with Crippen LogP contribution in [0.3, 0.4) is 0 Å². The van der Waals surface area contributed by atoms with E-state index in [0.29, 0.717) is 27.9 Å². The second-order valence-corrected chi connectivity index (χ2v) is 13.1. The Balaban J connectivity index is 2.08. The van der Waals surface area contributed by atoms with Gasteiger partial charge in [0, 0.05) is 13.1 Å². The molecule has 1 atom stereocenters. The maximum atomic E-state index is 14.1. The van der Waals surface area contributed by atoms with Crippen LogP contribution in [0.15, 0.2) is 71.6 Å². The standard InChI is InChI=1S/C30H34Cl3N3O5S/c1-5-27(30(38)34-17-20(2)3)35(18-21-11-13-24(31)25(32)15-21)29(37)19-36(22-12-14-28(41-4)26(33)16-22)42(39,40)23-9-7-6-8-10-23/h6-16,20,27H,5,17-19H2,1-4H3,(H,34,38)/t27-/m0/s1. The number of nitrogens with one attached hydrogen (secondary N) is 1. The lowest BCUT2D eigenvalue weighted by atomic mass is 10.1. The van der Waals surface area contributed by atoms with E-state index in [9.17, 15) is 18.0 Å².